The van der Waals surface area contributed by atoms with E-state index < -0.39 is 0 Å². The Morgan fingerprint density at radius 3 is 2.45 bits per heavy atom. The zero-order valence-electron chi connectivity index (χ0n) is 12.6. The molecule has 0 heterocycles. The molecule has 2 amide bonds. The normalized spacial score (nSPS) is 10.0. The van der Waals surface area contributed by atoms with Crippen LogP contribution in [0, 0.1) is 6.92 Å². The lowest BCUT2D eigenvalue weighted by atomic mass is 10.2. The number of anilines is 2. The van der Waals surface area contributed by atoms with E-state index in [0.29, 0.717) is 22.9 Å². The zero-order chi connectivity index (χ0) is 16.1. The van der Waals surface area contributed by atoms with Crippen LogP contribution in [0.4, 0.5) is 16.2 Å². The van der Waals surface area contributed by atoms with Crippen molar-refractivity contribution < 1.29 is 14.3 Å². The monoisotopic (exact) mass is 364 g/mol. The van der Waals surface area contributed by atoms with Gasteiger partial charge in [0.05, 0.1) is 19.9 Å². The minimum absolute atomic E-state index is 0.359. The second-order valence-corrected chi connectivity index (χ2v) is 5.46. The molecule has 2 N–H and O–H groups in total. The van der Waals surface area contributed by atoms with Gasteiger partial charge >= 0.3 is 6.03 Å². The van der Waals surface area contributed by atoms with Crippen molar-refractivity contribution in [2.75, 3.05) is 24.9 Å². The minimum atomic E-state index is -0.359. The van der Waals surface area contributed by atoms with Crippen molar-refractivity contribution >= 4 is 33.3 Å². The third-order valence-electron chi connectivity index (χ3n) is 3.08. The SMILES string of the molecule is COc1ccc(OC)c(NC(=O)Nc2ccc(C)c(Br)c2)c1. The predicted octanol–water partition coefficient (Wildman–Crippen LogP) is 4.42. The van der Waals surface area contributed by atoms with Gasteiger partial charge in [-0.25, -0.2) is 4.79 Å². The molecule has 0 fully saturated rings. The molecule has 0 aliphatic heterocycles. The zero-order valence-corrected chi connectivity index (χ0v) is 14.2. The number of hydrogen-bond acceptors (Lipinski definition) is 3. The van der Waals surface area contributed by atoms with E-state index in [1.807, 2.05) is 25.1 Å². The summed E-state index contributed by atoms with van der Waals surface area (Å²) in [6.45, 7) is 1.98. The summed E-state index contributed by atoms with van der Waals surface area (Å²) < 4.78 is 11.3. The van der Waals surface area contributed by atoms with Crippen LogP contribution in [0.15, 0.2) is 40.9 Å². The van der Waals surface area contributed by atoms with Gasteiger partial charge < -0.3 is 20.1 Å². The Morgan fingerprint density at radius 2 is 1.82 bits per heavy atom. The van der Waals surface area contributed by atoms with Gasteiger partial charge in [0.1, 0.15) is 11.5 Å². The fourth-order valence-electron chi connectivity index (χ4n) is 1.87. The largest absolute Gasteiger partial charge is 0.497 e. The summed E-state index contributed by atoms with van der Waals surface area (Å²) in [5.74, 6) is 1.19. The van der Waals surface area contributed by atoms with Gasteiger partial charge in [0.15, 0.2) is 0 Å². The van der Waals surface area contributed by atoms with E-state index in [1.54, 1.807) is 32.4 Å². The van der Waals surface area contributed by atoms with Gasteiger partial charge in [-0.1, -0.05) is 22.0 Å². The van der Waals surface area contributed by atoms with Crippen LogP contribution < -0.4 is 20.1 Å². The Balaban J connectivity index is 2.12. The van der Waals surface area contributed by atoms with Crippen LogP contribution in [0.5, 0.6) is 11.5 Å². The first-order valence-corrected chi connectivity index (χ1v) is 7.39. The Labute approximate surface area is 137 Å². The molecule has 2 aromatic rings. The molecule has 2 aromatic carbocycles. The van der Waals surface area contributed by atoms with Crippen LogP contribution in [-0.4, -0.2) is 20.3 Å². The second kappa shape index (κ2) is 7.17. The topological polar surface area (TPSA) is 59.6 Å². The van der Waals surface area contributed by atoms with E-state index in [9.17, 15) is 4.79 Å². The maximum Gasteiger partial charge on any atom is 0.323 e. The highest BCUT2D eigenvalue weighted by Crippen LogP contribution is 2.29. The molecule has 116 valence electrons. The number of carbonyl (C=O) groups excluding carboxylic acids is 1. The number of aryl methyl sites for hydroxylation is 1. The molecule has 22 heavy (non-hydrogen) atoms. The van der Waals surface area contributed by atoms with Crippen LogP contribution in [0.2, 0.25) is 0 Å². The number of nitrogens with one attached hydrogen (secondary N) is 2. The van der Waals surface area contributed by atoms with E-state index >= 15 is 0 Å². The molecule has 0 atom stereocenters. The smallest absolute Gasteiger partial charge is 0.323 e. The fraction of sp³-hybridized carbons (Fsp3) is 0.188. The third-order valence-corrected chi connectivity index (χ3v) is 3.94. The summed E-state index contributed by atoms with van der Waals surface area (Å²) in [5, 5.41) is 5.52. The van der Waals surface area contributed by atoms with Crippen molar-refractivity contribution in [3.63, 3.8) is 0 Å². The highest BCUT2D eigenvalue weighted by molar-refractivity contribution is 9.10. The Bertz CT molecular complexity index is 689. The highest BCUT2D eigenvalue weighted by Gasteiger charge is 2.09. The number of halogens is 1. The van der Waals surface area contributed by atoms with Gasteiger partial charge in [-0.2, -0.15) is 0 Å². The van der Waals surface area contributed by atoms with E-state index in [2.05, 4.69) is 26.6 Å². The maximum atomic E-state index is 12.1. The summed E-state index contributed by atoms with van der Waals surface area (Å²) in [6.07, 6.45) is 0. The molecule has 0 radical (unpaired) electrons. The lowest BCUT2D eigenvalue weighted by molar-refractivity contribution is 0.262. The molecule has 0 saturated heterocycles. The van der Waals surface area contributed by atoms with Crippen molar-refractivity contribution in [1.82, 2.24) is 0 Å². The molecule has 0 spiro atoms. The number of hydrogen-bond donors (Lipinski definition) is 2. The third kappa shape index (κ3) is 3.92. The van der Waals surface area contributed by atoms with Gasteiger partial charge in [-0.15, -0.1) is 0 Å². The van der Waals surface area contributed by atoms with Crippen molar-refractivity contribution in [3.05, 3.63) is 46.4 Å². The van der Waals surface area contributed by atoms with Crippen LogP contribution in [0.1, 0.15) is 5.56 Å². The van der Waals surface area contributed by atoms with Crippen LogP contribution in [0.25, 0.3) is 0 Å². The van der Waals surface area contributed by atoms with E-state index in [-0.39, 0.29) is 6.03 Å². The van der Waals surface area contributed by atoms with E-state index in [1.165, 1.54) is 0 Å². The number of methoxy groups -OCH3 is 2. The average molecular weight is 365 g/mol. The molecule has 2 rings (SSSR count). The summed E-state index contributed by atoms with van der Waals surface area (Å²) in [6, 6.07) is 10.4. The van der Waals surface area contributed by atoms with Crippen molar-refractivity contribution in [3.8, 4) is 11.5 Å². The van der Waals surface area contributed by atoms with Gasteiger partial charge in [0.25, 0.3) is 0 Å². The number of benzene rings is 2. The molecule has 5 nitrogen and oxygen atoms in total. The summed E-state index contributed by atoms with van der Waals surface area (Å²) in [5.41, 5.74) is 2.32. The van der Waals surface area contributed by atoms with Gasteiger partial charge in [0, 0.05) is 16.2 Å². The lowest BCUT2D eigenvalue weighted by Crippen LogP contribution is -2.19. The highest BCUT2D eigenvalue weighted by atomic mass is 79.9. The molecule has 0 unspecified atom stereocenters. The van der Waals surface area contributed by atoms with Crippen LogP contribution >= 0.6 is 15.9 Å². The van der Waals surface area contributed by atoms with Crippen molar-refractivity contribution in [2.45, 2.75) is 6.92 Å². The van der Waals surface area contributed by atoms with Crippen molar-refractivity contribution in [1.29, 1.82) is 0 Å². The molecular weight excluding hydrogens is 348 g/mol. The first-order valence-electron chi connectivity index (χ1n) is 6.59. The van der Waals surface area contributed by atoms with Crippen molar-refractivity contribution in [2.24, 2.45) is 0 Å². The summed E-state index contributed by atoms with van der Waals surface area (Å²) >= 11 is 3.44. The van der Waals surface area contributed by atoms with E-state index in [4.69, 9.17) is 9.47 Å². The number of ether oxygens (including phenoxy) is 2. The van der Waals surface area contributed by atoms with E-state index in [0.717, 1.165) is 10.0 Å². The van der Waals surface area contributed by atoms with Gasteiger partial charge in [0.2, 0.25) is 0 Å². The maximum absolute atomic E-state index is 12.1. The number of amides is 2. The second-order valence-electron chi connectivity index (χ2n) is 4.61. The Kier molecular flexibility index (Phi) is 5.27. The first-order chi connectivity index (χ1) is 10.5. The predicted molar refractivity (Wildman–Crippen MR) is 91.1 cm³/mol. The Hall–Kier alpha value is -2.21. The molecule has 0 saturated carbocycles. The number of urea groups is 1. The molecule has 0 aliphatic carbocycles. The Morgan fingerprint density at radius 1 is 1.05 bits per heavy atom. The molecule has 0 aromatic heterocycles. The average Bonchev–Trinajstić information content (AvgIpc) is 2.50. The molecular formula is C16H17BrN2O3. The fourth-order valence-corrected chi connectivity index (χ4v) is 2.25. The van der Waals surface area contributed by atoms with Gasteiger partial charge in [-0.05, 0) is 36.8 Å². The minimum Gasteiger partial charge on any atom is -0.497 e. The molecule has 0 aliphatic rings. The molecule has 0 bridgehead atoms. The summed E-state index contributed by atoms with van der Waals surface area (Å²) in [4.78, 5) is 12.1. The summed E-state index contributed by atoms with van der Waals surface area (Å²) in [7, 11) is 3.11. The quantitative estimate of drug-likeness (QED) is 0.843. The standard InChI is InChI=1S/C16H17BrN2O3/c1-10-4-5-11(8-13(10)17)18-16(20)19-14-9-12(21-2)6-7-15(14)22-3/h4-9H,1-3H3,(H2,18,19,20). The number of rotatable bonds is 4. The lowest BCUT2D eigenvalue weighted by Gasteiger charge is -2.13. The number of carbonyl (C=O) groups is 1. The first kappa shape index (κ1) is 16.2. The van der Waals surface area contributed by atoms with Crippen LogP contribution in [0.3, 0.4) is 0 Å². The van der Waals surface area contributed by atoms with Gasteiger partial charge in [-0.3, -0.25) is 0 Å². The molecule has 6 heteroatoms. The van der Waals surface area contributed by atoms with Crippen LogP contribution in [-0.2, 0) is 0 Å².